The normalized spacial score (nSPS) is 23.9. The number of nitrogens with zero attached hydrogens (tertiary/aromatic N) is 1. The molecule has 1 saturated heterocycles. The Labute approximate surface area is 91.6 Å². The molecule has 1 aliphatic heterocycles. The summed E-state index contributed by atoms with van der Waals surface area (Å²) in [7, 11) is 0. The topological polar surface area (TPSA) is 52.6 Å². The maximum atomic E-state index is 11.8. The van der Waals surface area contributed by atoms with Gasteiger partial charge in [0, 0.05) is 25.6 Å². The molecule has 15 heavy (non-hydrogen) atoms. The first-order chi connectivity index (χ1) is 7.13. The third kappa shape index (κ3) is 4.18. The molecular weight excluding hydrogens is 192 g/mol. The van der Waals surface area contributed by atoms with E-state index in [0.29, 0.717) is 13.0 Å². The van der Waals surface area contributed by atoms with Crippen molar-refractivity contribution in [3.63, 3.8) is 0 Å². The largest absolute Gasteiger partial charge is 0.391 e. The van der Waals surface area contributed by atoms with Gasteiger partial charge < -0.3 is 15.3 Å². The average molecular weight is 214 g/mol. The number of nitrogens with one attached hydrogen (secondary N) is 1. The van der Waals surface area contributed by atoms with Crippen LogP contribution in [-0.2, 0) is 4.79 Å². The number of hydrogen-bond donors (Lipinski definition) is 2. The van der Waals surface area contributed by atoms with Gasteiger partial charge in [-0.05, 0) is 26.3 Å². The van der Waals surface area contributed by atoms with Crippen molar-refractivity contribution in [3.05, 3.63) is 0 Å². The fourth-order valence-electron chi connectivity index (χ4n) is 1.99. The SMILES string of the molecule is CCNC(C)CC(=O)N1CCCC(O)C1. The number of carbonyl (C=O) groups is 1. The summed E-state index contributed by atoms with van der Waals surface area (Å²) < 4.78 is 0. The summed E-state index contributed by atoms with van der Waals surface area (Å²) in [5.74, 6) is 0.155. The molecule has 1 fully saturated rings. The van der Waals surface area contributed by atoms with Crippen molar-refractivity contribution >= 4 is 5.91 Å². The van der Waals surface area contributed by atoms with Crippen LogP contribution in [0.15, 0.2) is 0 Å². The molecule has 1 rings (SSSR count). The van der Waals surface area contributed by atoms with Crippen molar-refractivity contribution in [1.82, 2.24) is 10.2 Å². The van der Waals surface area contributed by atoms with Gasteiger partial charge in [-0.1, -0.05) is 6.92 Å². The van der Waals surface area contributed by atoms with E-state index in [-0.39, 0.29) is 18.1 Å². The molecule has 4 heteroatoms. The number of rotatable bonds is 4. The van der Waals surface area contributed by atoms with Crippen LogP contribution in [0.25, 0.3) is 0 Å². The maximum Gasteiger partial charge on any atom is 0.224 e. The van der Waals surface area contributed by atoms with Crippen molar-refractivity contribution in [2.24, 2.45) is 0 Å². The van der Waals surface area contributed by atoms with Gasteiger partial charge in [0.2, 0.25) is 5.91 Å². The van der Waals surface area contributed by atoms with E-state index in [1.54, 1.807) is 4.90 Å². The third-order valence-electron chi connectivity index (χ3n) is 2.78. The zero-order valence-electron chi connectivity index (χ0n) is 9.70. The first kappa shape index (κ1) is 12.5. The fourth-order valence-corrected chi connectivity index (χ4v) is 1.99. The van der Waals surface area contributed by atoms with Gasteiger partial charge in [0.1, 0.15) is 0 Å². The Bertz CT molecular complexity index is 209. The summed E-state index contributed by atoms with van der Waals surface area (Å²) in [5.41, 5.74) is 0. The van der Waals surface area contributed by atoms with E-state index in [9.17, 15) is 9.90 Å². The van der Waals surface area contributed by atoms with Gasteiger partial charge in [0.05, 0.1) is 6.10 Å². The summed E-state index contributed by atoms with van der Waals surface area (Å²) in [6, 6.07) is 0.224. The number of carbonyl (C=O) groups excluding carboxylic acids is 1. The zero-order chi connectivity index (χ0) is 11.3. The highest BCUT2D eigenvalue weighted by Gasteiger charge is 2.22. The fraction of sp³-hybridized carbons (Fsp3) is 0.909. The number of likely N-dealkylation sites (tertiary alicyclic amines) is 1. The molecule has 0 aromatic carbocycles. The van der Waals surface area contributed by atoms with E-state index < -0.39 is 0 Å². The van der Waals surface area contributed by atoms with E-state index in [4.69, 9.17) is 0 Å². The molecule has 88 valence electrons. The van der Waals surface area contributed by atoms with Crippen LogP contribution < -0.4 is 5.32 Å². The van der Waals surface area contributed by atoms with Crippen LogP contribution in [0.2, 0.25) is 0 Å². The smallest absolute Gasteiger partial charge is 0.224 e. The molecule has 0 spiro atoms. The molecule has 0 bridgehead atoms. The van der Waals surface area contributed by atoms with Crippen molar-refractivity contribution < 1.29 is 9.90 Å². The van der Waals surface area contributed by atoms with E-state index in [2.05, 4.69) is 5.32 Å². The minimum Gasteiger partial charge on any atom is -0.391 e. The van der Waals surface area contributed by atoms with E-state index in [1.807, 2.05) is 13.8 Å². The monoisotopic (exact) mass is 214 g/mol. The first-order valence-corrected chi connectivity index (χ1v) is 5.82. The average Bonchev–Trinajstić information content (AvgIpc) is 2.18. The lowest BCUT2D eigenvalue weighted by Gasteiger charge is -2.31. The van der Waals surface area contributed by atoms with E-state index >= 15 is 0 Å². The lowest BCUT2D eigenvalue weighted by molar-refractivity contribution is -0.134. The molecular formula is C11H22N2O2. The zero-order valence-corrected chi connectivity index (χ0v) is 9.70. The highest BCUT2D eigenvalue weighted by atomic mass is 16.3. The number of β-amino-alcohol motifs (C(OH)–C–C–N with tert-alkyl or cyclic N) is 1. The molecule has 2 N–H and O–H groups in total. The van der Waals surface area contributed by atoms with Crippen LogP contribution in [0.5, 0.6) is 0 Å². The Morgan fingerprint density at radius 1 is 1.67 bits per heavy atom. The Kier molecular flexibility index (Phi) is 5.05. The highest BCUT2D eigenvalue weighted by Crippen LogP contribution is 2.11. The molecule has 2 atom stereocenters. The summed E-state index contributed by atoms with van der Waals surface area (Å²) in [6.45, 7) is 6.25. The maximum absolute atomic E-state index is 11.8. The van der Waals surface area contributed by atoms with Gasteiger partial charge >= 0.3 is 0 Å². The number of hydrogen-bond acceptors (Lipinski definition) is 3. The molecule has 1 amide bonds. The minimum atomic E-state index is -0.322. The Hall–Kier alpha value is -0.610. The van der Waals surface area contributed by atoms with Crippen LogP contribution >= 0.6 is 0 Å². The molecule has 4 nitrogen and oxygen atoms in total. The quantitative estimate of drug-likeness (QED) is 0.710. The van der Waals surface area contributed by atoms with Crippen molar-refractivity contribution in [3.8, 4) is 0 Å². The number of amides is 1. The summed E-state index contributed by atoms with van der Waals surface area (Å²) in [5, 5.41) is 12.7. The van der Waals surface area contributed by atoms with Crippen LogP contribution in [-0.4, -0.2) is 47.7 Å². The van der Waals surface area contributed by atoms with Crippen LogP contribution in [0.3, 0.4) is 0 Å². The standard InChI is InChI=1S/C11H22N2O2/c1-3-12-9(2)7-11(15)13-6-4-5-10(14)8-13/h9-10,12,14H,3-8H2,1-2H3. The molecule has 1 heterocycles. The summed E-state index contributed by atoms with van der Waals surface area (Å²) in [4.78, 5) is 13.6. The molecule has 2 unspecified atom stereocenters. The first-order valence-electron chi connectivity index (χ1n) is 5.82. The molecule has 0 saturated carbocycles. The van der Waals surface area contributed by atoms with Crippen LogP contribution in [0.1, 0.15) is 33.1 Å². The number of aliphatic hydroxyl groups excluding tert-OH is 1. The summed E-state index contributed by atoms with van der Waals surface area (Å²) >= 11 is 0. The lowest BCUT2D eigenvalue weighted by Crippen LogP contribution is -2.44. The second-order valence-electron chi connectivity index (χ2n) is 4.30. The van der Waals surface area contributed by atoms with Gasteiger partial charge in [-0.3, -0.25) is 4.79 Å². The third-order valence-corrected chi connectivity index (χ3v) is 2.78. The highest BCUT2D eigenvalue weighted by molar-refractivity contribution is 5.76. The van der Waals surface area contributed by atoms with E-state index in [1.165, 1.54) is 0 Å². The Morgan fingerprint density at radius 2 is 2.40 bits per heavy atom. The van der Waals surface area contributed by atoms with Crippen molar-refractivity contribution in [2.45, 2.75) is 45.3 Å². The van der Waals surface area contributed by atoms with Gasteiger partial charge in [0.25, 0.3) is 0 Å². The minimum absolute atomic E-state index is 0.155. The van der Waals surface area contributed by atoms with Gasteiger partial charge in [-0.2, -0.15) is 0 Å². The predicted octanol–water partition coefficient (Wildman–Crippen LogP) is 0.358. The second kappa shape index (κ2) is 6.08. The van der Waals surface area contributed by atoms with Crippen LogP contribution in [0.4, 0.5) is 0 Å². The molecule has 0 aromatic heterocycles. The predicted molar refractivity (Wildman–Crippen MR) is 59.6 cm³/mol. The summed E-state index contributed by atoms with van der Waals surface area (Å²) in [6.07, 6.45) is 1.95. The van der Waals surface area contributed by atoms with Gasteiger partial charge in [0.15, 0.2) is 0 Å². The lowest BCUT2D eigenvalue weighted by atomic mass is 10.1. The van der Waals surface area contributed by atoms with E-state index in [0.717, 1.165) is 25.9 Å². The van der Waals surface area contributed by atoms with Crippen molar-refractivity contribution in [2.75, 3.05) is 19.6 Å². The van der Waals surface area contributed by atoms with Crippen LogP contribution in [0, 0.1) is 0 Å². The molecule has 0 aromatic rings. The molecule has 0 radical (unpaired) electrons. The number of piperidine rings is 1. The molecule has 1 aliphatic rings. The Balaban J connectivity index is 2.32. The second-order valence-corrected chi connectivity index (χ2v) is 4.30. The van der Waals surface area contributed by atoms with Crippen molar-refractivity contribution in [1.29, 1.82) is 0 Å². The van der Waals surface area contributed by atoms with Gasteiger partial charge in [-0.25, -0.2) is 0 Å². The van der Waals surface area contributed by atoms with Gasteiger partial charge in [-0.15, -0.1) is 0 Å². The Morgan fingerprint density at radius 3 is 3.00 bits per heavy atom. The molecule has 0 aliphatic carbocycles. The number of aliphatic hydroxyl groups is 1.